The highest BCUT2D eigenvalue weighted by atomic mass is 35.5. The van der Waals surface area contributed by atoms with Gasteiger partial charge in [0.25, 0.3) is 0 Å². The lowest BCUT2D eigenvalue weighted by atomic mass is 9.93. The van der Waals surface area contributed by atoms with Gasteiger partial charge in [-0.05, 0) is 31.0 Å². The van der Waals surface area contributed by atoms with Crippen molar-refractivity contribution in [3.05, 3.63) is 34.9 Å². The number of nitrogens with zero attached hydrogens (tertiary/aromatic N) is 1. The number of morpholine rings is 1. The van der Waals surface area contributed by atoms with Crippen molar-refractivity contribution in [2.75, 3.05) is 32.8 Å². The van der Waals surface area contributed by atoms with Crippen LogP contribution in [0.1, 0.15) is 12.5 Å². The number of hydrazine groups is 1. The summed E-state index contributed by atoms with van der Waals surface area (Å²) in [6, 6.07) is 7.94. The summed E-state index contributed by atoms with van der Waals surface area (Å²) in [5.74, 6) is 0. The lowest BCUT2D eigenvalue weighted by molar-refractivity contribution is -0.00882. The third-order valence-electron chi connectivity index (χ3n) is 3.40. The molecule has 4 nitrogen and oxygen atoms in total. The molecule has 3 N–H and O–H groups in total. The van der Waals surface area contributed by atoms with E-state index in [2.05, 4.69) is 29.5 Å². The van der Waals surface area contributed by atoms with E-state index in [-0.39, 0.29) is 5.54 Å². The van der Waals surface area contributed by atoms with Crippen molar-refractivity contribution in [1.82, 2.24) is 10.4 Å². The van der Waals surface area contributed by atoms with Crippen LogP contribution in [0.4, 0.5) is 0 Å². The molecule has 1 fully saturated rings. The molecular formula is C14H22ClN3O. The Morgan fingerprint density at radius 3 is 2.53 bits per heavy atom. The standard InChI is InChI=1S/C14H22ClN3O/c1-14(11-16,17-18-6-8-19-9-7-18)10-12-2-4-13(15)5-3-12/h2-5,17H,6-11,16H2,1H3. The number of ether oxygens (including phenoxy) is 1. The maximum Gasteiger partial charge on any atom is 0.0608 e. The van der Waals surface area contributed by atoms with Crippen molar-refractivity contribution in [2.45, 2.75) is 18.9 Å². The molecule has 1 aliphatic rings. The minimum atomic E-state index is -0.148. The summed E-state index contributed by atoms with van der Waals surface area (Å²) in [6.45, 7) is 6.07. The third-order valence-corrected chi connectivity index (χ3v) is 3.65. The van der Waals surface area contributed by atoms with Crippen LogP contribution in [0, 0.1) is 0 Å². The van der Waals surface area contributed by atoms with Gasteiger partial charge in [-0.2, -0.15) is 0 Å². The Bertz CT molecular complexity index is 392. The van der Waals surface area contributed by atoms with Gasteiger partial charge in [-0.25, -0.2) is 10.4 Å². The third kappa shape index (κ3) is 4.44. The smallest absolute Gasteiger partial charge is 0.0608 e. The molecule has 0 radical (unpaired) electrons. The van der Waals surface area contributed by atoms with Gasteiger partial charge < -0.3 is 10.5 Å². The van der Waals surface area contributed by atoms with E-state index in [0.29, 0.717) is 6.54 Å². The predicted octanol–water partition coefficient (Wildman–Crippen LogP) is 1.44. The van der Waals surface area contributed by atoms with E-state index < -0.39 is 0 Å². The number of hydrogen-bond donors (Lipinski definition) is 2. The van der Waals surface area contributed by atoms with Gasteiger partial charge in [0, 0.05) is 30.2 Å². The Morgan fingerprint density at radius 2 is 1.95 bits per heavy atom. The molecule has 1 heterocycles. The summed E-state index contributed by atoms with van der Waals surface area (Å²) < 4.78 is 5.35. The number of nitrogens with one attached hydrogen (secondary N) is 1. The van der Waals surface area contributed by atoms with Crippen LogP contribution in [0.25, 0.3) is 0 Å². The fourth-order valence-corrected chi connectivity index (χ4v) is 2.39. The first-order chi connectivity index (χ1) is 9.11. The average Bonchev–Trinajstić information content (AvgIpc) is 2.42. The van der Waals surface area contributed by atoms with Crippen LogP contribution in [-0.4, -0.2) is 43.4 Å². The van der Waals surface area contributed by atoms with Crippen LogP contribution >= 0.6 is 11.6 Å². The van der Waals surface area contributed by atoms with Gasteiger partial charge in [-0.3, -0.25) is 0 Å². The molecule has 0 amide bonds. The molecule has 1 aromatic rings. The van der Waals surface area contributed by atoms with Gasteiger partial charge in [0.05, 0.1) is 13.2 Å². The fraction of sp³-hybridized carbons (Fsp3) is 0.571. The highest BCUT2D eigenvalue weighted by molar-refractivity contribution is 6.30. The predicted molar refractivity (Wildman–Crippen MR) is 78.1 cm³/mol. The number of benzene rings is 1. The monoisotopic (exact) mass is 283 g/mol. The summed E-state index contributed by atoms with van der Waals surface area (Å²) in [4.78, 5) is 0. The van der Waals surface area contributed by atoms with E-state index in [1.54, 1.807) is 0 Å². The van der Waals surface area contributed by atoms with Gasteiger partial charge in [0.2, 0.25) is 0 Å². The highest BCUT2D eigenvalue weighted by Crippen LogP contribution is 2.16. The van der Waals surface area contributed by atoms with Gasteiger partial charge in [-0.15, -0.1) is 0 Å². The van der Waals surface area contributed by atoms with Crippen molar-refractivity contribution in [3.8, 4) is 0 Å². The van der Waals surface area contributed by atoms with Gasteiger partial charge in [0.15, 0.2) is 0 Å². The molecule has 1 unspecified atom stereocenters. The second-order valence-electron chi connectivity index (χ2n) is 5.28. The Morgan fingerprint density at radius 1 is 1.32 bits per heavy atom. The summed E-state index contributed by atoms with van der Waals surface area (Å²) in [7, 11) is 0. The quantitative estimate of drug-likeness (QED) is 0.859. The molecule has 1 aliphatic heterocycles. The molecule has 5 heteroatoms. The molecule has 1 atom stereocenters. The molecule has 0 aromatic heterocycles. The normalized spacial score (nSPS) is 20.2. The van der Waals surface area contributed by atoms with Crippen molar-refractivity contribution in [2.24, 2.45) is 5.73 Å². The van der Waals surface area contributed by atoms with Crippen molar-refractivity contribution < 1.29 is 4.74 Å². The van der Waals surface area contributed by atoms with Gasteiger partial charge in [-0.1, -0.05) is 23.7 Å². The molecule has 1 saturated heterocycles. The highest BCUT2D eigenvalue weighted by Gasteiger charge is 2.26. The first kappa shape index (κ1) is 14.8. The van der Waals surface area contributed by atoms with Gasteiger partial charge >= 0.3 is 0 Å². The largest absolute Gasteiger partial charge is 0.379 e. The summed E-state index contributed by atoms with van der Waals surface area (Å²) in [6.07, 6.45) is 0.873. The van der Waals surface area contributed by atoms with Crippen LogP contribution in [0.3, 0.4) is 0 Å². The maximum atomic E-state index is 5.96. The molecular weight excluding hydrogens is 262 g/mol. The Hall–Kier alpha value is -0.650. The fourth-order valence-electron chi connectivity index (χ4n) is 2.27. The molecule has 0 aliphatic carbocycles. The van der Waals surface area contributed by atoms with Crippen molar-refractivity contribution in [1.29, 1.82) is 0 Å². The number of rotatable bonds is 5. The Balaban J connectivity index is 1.98. The van der Waals surface area contributed by atoms with Crippen LogP contribution < -0.4 is 11.2 Å². The zero-order valence-corrected chi connectivity index (χ0v) is 12.1. The second kappa shape index (κ2) is 6.68. The Labute approximate surface area is 119 Å². The van der Waals surface area contributed by atoms with Crippen LogP contribution in [0.5, 0.6) is 0 Å². The molecule has 0 saturated carbocycles. The number of halogens is 1. The number of nitrogens with two attached hydrogens (primary N) is 1. The summed E-state index contributed by atoms with van der Waals surface area (Å²) >= 11 is 5.91. The zero-order chi connectivity index (χ0) is 13.7. The van der Waals surface area contributed by atoms with E-state index in [1.807, 2.05) is 12.1 Å². The minimum Gasteiger partial charge on any atom is -0.379 e. The average molecular weight is 284 g/mol. The van der Waals surface area contributed by atoms with Crippen molar-refractivity contribution in [3.63, 3.8) is 0 Å². The second-order valence-corrected chi connectivity index (χ2v) is 5.72. The van der Waals surface area contributed by atoms with Crippen LogP contribution in [0.2, 0.25) is 5.02 Å². The van der Waals surface area contributed by atoms with Gasteiger partial charge in [0.1, 0.15) is 0 Å². The first-order valence-corrected chi connectivity index (χ1v) is 7.04. The Kier molecular flexibility index (Phi) is 5.19. The van der Waals surface area contributed by atoms with Crippen LogP contribution in [0.15, 0.2) is 24.3 Å². The molecule has 0 spiro atoms. The van der Waals surface area contributed by atoms with Crippen molar-refractivity contribution >= 4 is 11.6 Å². The SMILES string of the molecule is CC(CN)(Cc1ccc(Cl)cc1)NN1CCOCC1. The molecule has 1 aromatic carbocycles. The zero-order valence-electron chi connectivity index (χ0n) is 11.4. The maximum absolute atomic E-state index is 5.96. The lowest BCUT2D eigenvalue weighted by Crippen LogP contribution is -2.60. The van der Waals surface area contributed by atoms with E-state index >= 15 is 0 Å². The lowest BCUT2D eigenvalue weighted by Gasteiger charge is -2.38. The molecule has 19 heavy (non-hydrogen) atoms. The first-order valence-electron chi connectivity index (χ1n) is 6.66. The summed E-state index contributed by atoms with van der Waals surface area (Å²) in [5.41, 5.74) is 10.6. The molecule has 106 valence electrons. The number of hydrogen-bond acceptors (Lipinski definition) is 4. The summed E-state index contributed by atoms with van der Waals surface area (Å²) in [5, 5.41) is 2.96. The topological polar surface area (TPSA) is 50.5 Å². The van der Waals surface area contributed by atoms with E-state index in [9.17, 15) is 0 Å². The molecule has 2 rings (SSSR count). The van der Waals surface area contributed by atoms with Crippen LogP contribution in [-0.2, 0) is 11.2 Å². The minimum absolute atomic E-state index is 0.148. The molecule has 0 bridgehead atoms. The van der Waals surface area contributed by atoms with E-state index in [0.717, 1.165) is 37.7 Å². The van der Waals surface area contributed by atoms with E-state index in [1.165, 1.54) is 5.56 Å². The van der Waals surface area contributed by atoms with E-state index in [4.69, 9.17) is 22.1 Å².